The largest absolute Gasteiger partial charge is 0.370 e. The molecule has 0 saturated heterocycles. The first-order valence-corrected chi connectivity index (χ1v) is 6.15. The fraction of sp³-hybridized carbons (Fsp3) is 0.154. The van der Waals surface area contributed by atoms with Crippen molar-refractivity contribution in [2.24, 2.45) is 10.7 Å². The number of hydrogen-bond donors (Lipinski definition) is 4. The normalized spacial score (nSPS) is 11.1. The second-order valence-corrected chi connectivity index (χ2v) is 3.98. The predicted molar refractivity (Wildman–Crippen MR) is 77.5 cm³/mol. The number of amides is 1. The monoisotopic (exact) mass is 272 g/mol. The average molecular weight is 272 g/mol. The molecule has 0 aliphatic carbocycles. The van der Waals surface area contributed by atoms with Crippen LogP contribution in [0.3, 0.4) is 0 Å². The Labute approximate surface area is 116 Å². The smallest absolute Gasteiger partial charge is 0.269 e. The second-order valence-electron chi connectivity index (χ2n) is 3.98. The first kappa shape index (κ1) is 13.6. The summed E-state index contributed by atoms with van der Waals surface area (Å²) < 4.78 is 0. The highest BCUT2D eigenvalue weighted by Gasteiger charge is 2.04. The number of aromatic amines is 1. The predicted octanol–water partition coefficient (Wildman–Crippen LogP) is 0.566. The number of aliphatic imine (C=N–C) groups is 1. The van der Waals surface area contributed by atoms with E-state index in [0.29, 0.717) is 24.7 Å². The summed E-state index contributed by atoms with van der Waals surface area (Å²) in [5.41, 5.74) is 7.02. The molecule has 0 radical (unpaired) electrons. The van der Waals surface area contributed by atoms with Crippen molar-refractivity contribution in [2.45, 2.75) is 0 Å². The molecule has 2 rings (SSSR count). The number of rotatable bonds is 5. The number of carbonyl (C=O) groups is 1. The number of H-pyrrole nitrogens is 1. The van der Waals surface area contributed by atoms with Crippen LogP contribution in [0.15, 0.2) is 47.6 Å². The lowest BCUT2D eigenvalue weighted by Gasteiger charge is -2.05. The van der Waals surface area contributed by atoms with Crippen molar-refractivity contribution in [3.63, 3.8) is 0 Å². The van der Waals surface area contributed by atoms with Crippen LogP contribution in [0.4, 0.5) is 5.69 Å². The Bertz CT molecular complexity index is 564. The van der Waals surface area contributed by atoms with Crippen LogP contribution in [-0.4, -0.2) is 35.2 Å². The number of nitrogens with one attached hydrogen (secondary N) is 3. The maximum Gasteiger partial charge on any atom is 0.269 e. The van der Waals surface area contributed by atoms with Crippen molar-refractivity contribution in [1.29, 1.82) is 0 Å². The van der Waals surface area contributed by atoms with E-state index in [-0.39, 0.29) is 5.91 Å². The minimum atomic E-state index is -0.215. The van der Waals surface area contributed by atoms with E-state index in [4.69, 9.17) is 5.73 Å². The van der Waals surface area contributed by atoms with Gasteiger partial charge in [-0.15, -0.1) is 0 Å². The van der Waals surface area contributed by atoms with Crippen LogP contribution < -0.4 is 16.4 Å². The number of guanidine groups is 1. The molecule has 0 unspecified atom stereocenters. The molecule has 2 aromatic rings. The van der Waals surface area contributed by atoms with E-state index in [9.17, 15) is 4.79 Å². The van der Waals surface area contributed by atoms with Crippen molar-refractivity contribution in [3.05, 3.63) is 48.3 Å². The Morgan fingerprint density at radius 2 is 2.10 bits per heavy atom. The molecule has 7 nitrogen and oxygen atoms in total. The average Bonchev–Trinajstić information content (AvgIpc) is 2.99. The highest BCUT2D eigenvalue weighted by Crippen LogP contribution is 2.03. The van der Waals surface area contributed by atoms with Gasteiger partial charge in [-0.3, -0.25) is 14.9 Å². The Hall–Kier alpha value is -2.83. The number of aromatic nitrogens is 2. The van der Waals surface area contributed by atoms with Crippen LogP contribution in [0.2, 0.25) is 0 Å². The van der Waals surface area contributed by atoms with Crippen LogP contribution in [-0.2, 0) is 0 Å². The standard InChI is InChI=1S/C13H16N6O/c14-13(18-10-4-2-1-3-5-10)16-9-8-15-12(20)11-6-7-17-19-11/h1-7H,8-9H2,(H,15,20)(H,17,19)(H3,14,16,18). The minimum absolute atomic E-state index is 0.215. The molecule has 0 aliphatic rings. The van der Waals surface area contributed by atoms with Gasteiger partial charge in [-0.1, -0.05) is 18.2 Å². The lowest BCUT2D eigenvalue weighted by atomic mass is 10.3. The molecule has 1 aromatic carbocycles. The van der Waals surface area contributed by atoms with Crippen molar-refractivity contribution < 1.29 is 4.79 Å². The van der Waals surface area contributed by atoms with Gasteiger partial charge in [0.1, 0.15) is 5.69 Å². The number of carbonyl (C=O) groups excluding carboxylic acids is 1. The van der Waals surface area contributed by atoms with E-state index in [1.165, 1.54) is 6.20 Å². The van der Waals surface area contributed by atoms with Gasteiger partial charge in [0.05, 0.1) is 6.54 Å². The molecule has 1 amide bonds. The molecule has 0 aliphatic heterocycles. The lowest BCUT2D eigenvalue weighted by Crippen LogP contribution is -2.28. The number of para-hydroxylation sites is 1. The summed E-state index contributed by atoms with van der Waals surface area (Å²) in [7, 11) is 0. The Morgan fingerprint density at radius 1 is 1.30 bits per heavy atom. The highest BCUT2D eigenvalue weighted by molar-refractivity contribution is 5.93. The van der Waals surface area contributed by atoms with E-state index in [1.807, 2.05) is 30.3 Å². The Kier molecular flexibility index (Phi) is 4.71. The topological polar surface area (TPSA) is 108 Å². The molecule has 104 valence electrons. The molecule has 1 aromatic heterocycles. The molecule has 7 heteroatoms. The molecule has 5 N–H and O–H groups in total. The van der Waals surface area contributed by atoms with Crippen LogP contribution in [0, 0.1) is 0 Å². The summed E-state index contributed by atoms with van der Waals surface area (Å²) in [5.74, 6) is 0.0966. The van der Waals surface area contributed by atoms with Gasteiger partial charge in [0, 0.05) is 18.4 Å². The van der Waals surface area contributed by atoms with Gasteiger partial charge < -0.3 is 16.4 Å². The summed E-state index contributed by atoms with van der Waals surface area (Å²) in [4.78, 5) is 15.7. The number of hydrogen-bond acceptors (Lipinski definition) is 3. The maximum absolute atomic E-state index is 11.6. The van der Waals surface area contributed by atoms with Gasteiger partial charge in [-0.25, -0.2) is 0 Å². The van der Waals surface area contributed by atoms with E-state index in [0.717, 1.165) is 5.69 Å². The van der Waals surface area contributed by atoms with Crippen LogP contribution in [0.25, 0.3) is 0 Å². The van der Waals surface area contributed by atoms with E-state index < -0.39 is 0 Å². The summed E-state index contributed by atoms with van der Waals surface area (Å²) in [5, 5.41) is 11.9. The second kappa shape index (κ2) is 6.93. The van der Waals surface area contributed by atoms with Gasteiger partial charge in [0.15, 0.2) is 5.96 Å². The molecule has 0 bridgehead atoms. The first-order valence-electron chi connectivity index (χ1n) is 6.15. The van der Waals surface area contributed by atoms with Gasteiger partial charge in [0.25, 0.3) is 5.91 Å². The summed E-state index contributed by atoms with van der Waals surface area (Å²) in [6.07, 6.45) is 1.52. The third kappa shape index (κ3) is 4.13. The Morgan fingerprint density at radius 3 is 2.80 bits per heavy atom. The van der Waals surface area contributed by atoms with Gasteiger partial charge in [-0.05, 0) is 18.2 Å². The van der Waals surface area contributed by atoms with Crippen molar-refractivity contribution in [1.82, 2.24) is 15.5 Å². The summed E-state index contributed by atoms with van der Waals surface area (Å²) in [6.45, 7) is 0.792. The van der Waals surface area contributed by atoms with Gasteiger partial charge >= 0.3 is 0 Å². The zero-order valence-electron chi connectivity index (χ0n) is 10.8. The fourth-order valence-corrected chi connectivity index (χ4v) is 1.53. The highest BCUT2D eigenvalue weighted by atomic mass is 16.1. The lowest BCUT2D eigenvalue weighted by molar-refractivity contribution is 0.0950. The molecule has 0 fully saturated rings. The number of nitrogens with two attached hydrogens (primary N) is 1. The van der Waals surface area contributed by atoms with Crippen LogP contribution in [0.1, 0.15) is 10.5 Å². The molecular weight excluding hydrogens is 256 g/mol. The molecule has 0 spiro atoms. The minimum Gasteiger partial charge on any atom is -0.370 e. The van der Waals surface area contributed by atoms with Gasteiger partial charge in [-0.2, -0.15) is 5.10 Å². The number of nitrogens with zero attached hydrogens (tertiary/aromatic N) is 2. The summed E-state index contributed by atoms with van der Waals surface area (Å²) in [6, 6.07) is 11.1. The molecule has 0 saturated carbocycles. The van der Waals surface area contributed by atoms with Crippen LogP contribution in [0.5, 0.6) is 0 Å². The first-order chi connectivity index (χ1) is 9.75. The third-order valence-electron chi connectivity index (χ3n) is 2.47. The van der Waals surface area contributed by atoms with E-state index >= 15 is 0 Å². The molecule has 0 atom stereocenters. The molecule has 20 heavy (non-hydrogen) atoms. The zero-order valence-corrected chi connectivity index (χ0v) is 10.8. The maximum atomic E-state index is 11.6. The van der Waals surface area contributed by atoms with Crippen molar-refractivity contribution in [3.8, 4) is 0 Å². The van der Waals surface area contributed by atoms with E-state index in [1.54, 1.807) is 6.07 Å². The number of anilines is 1. The van der Waals surface area contributed by atoms with E-state index in [2.05, 4.69) is 25.8 Å². The van der Waals surface area contributed by atoms with Crippen molar-refractivity contribution >= 4 is 17.6 Å². The Balaban J connectivity index is 1.72. The van der Waals surface area contributed by atoms with Crippen molar-refractivity contribution in [2.75, 3.05) is 18.4 Å². The molecule has 1 heterocycles. The third-order valence-corrected chi connectivity index (χ3v) is 2.47. The van der Waals surface area contributed by atoms with Gasteiger partial charge in [0.2, 0.25) is 0 Å². The SMILES string of the molecule is NC(=NCCNC(=O)c1ccn[nH]1)Nc1ccccc1. The summed E-state index contributed by atoms with van der Waals surface area (Å²) >= 11 is 0. The molecular formula is C13H16N6O. The van der Waals surface area contributed by atoms with Crippen LogP contribution >= 0.6 is 0 Å². The fourth-order valence-electron chi connectivity index (χ4n) is 1.53. The quantitative estimate of drug-likeness (QED) is 0.362. The number of benzene rings is 1. The zero-order chi connectivity index (χ0) is 14.2.